The third kappa shape index (κ3) is 5.39. The number of carboxylic acid groups (broad SMARTS) is 1. The molecule has 4 heteroatoms. The molecule has 0 saturated heterocycles. The Morgan fingerprint density at radius 2 is 1.84 bits per heavy atom. The summed E-state index contributed by atoms with van der Waals surface area (Å²) in [6.45, 7) is 11.3. The summed E-state index contributed by atoms with van der Waals surface area (Å²) in [5.74, 6) is 0.164. The third-order valence-electron chi connectivity index (χ3n) is 2.73. The molecule has 1 aromatic rings. The first-order chi connectivity index (χ1) is 8.90. The predicted molar refractivity (Wildman–Crippen MR) is 76.1 cm³/mol. The summed E-state index contributed by atoms with van der Waals surface area (Å²) in [6, 6.07) is 3.65. The van der Waals surface area contributed by atoms with E-state index in [4.69, 9.17) is 5.11 Å². The molecular formula is C15H24N2O2. The van der Waals surface area contributed by atoms with Gasteiger partial charge in [-0.3, -0.25) is 4.90 Å². The molecule has 1 heterocycles. The topological polar surface area (TPSA) is 53.4 Å². The van der Waals surface area contributed by atoms with Gasteiger partial charge >= 0.3 is 5.97 Å². The van der Waals surface area contributed by atoms with Gasteiger partial charge in [0.05, 0.1) is 0 Å². The smallest absolute Gasteiger partial charge is 0.354 e. The number of hydrogen-bond donors (Lipinski definition) is 1. The SMILES string of the molecule is CC(C)CN(Cc1cccnc1C(=O)O)CC(C)C. The fourth-order valence-electron chi connectivity index (χ4n) is 2.24. The summed E-state index contributed by atoms with van der Waals surface area (Å²) in [6.07, 6.45) is 1.53. The molecule has 106 valence electrons. The maximum atomic E-state index is 11.2. The van der Waals surface area contributed by atoms with E-state index in [1.54, 1.807) is 6.07 Å². The van der Waals surface area contributed by atoms with Crippen LogP contribution in [0.15, 0.2) is 18.3 Å². The minimum Gasteiger partial charge on any atom is -0.477 e. The average Bonchev–Trinajstić information content (AvgIpc) is 2.27. The van der Waals surface area contributed by atoms with Crippen molar-refractivity contribution in [2.24, 2.45) is 11.8 Å². The van der Waals surface area contributed by atoms with Crippen molar-refractivity contribution in [2.75, 3.05) is 13.1 Å². The first kappa shape index (κ1) is 15.6. The number of carboxylic acids is 1. The summed E-state index contributed by atoms with van der Waals surface area (Å²) in [5.41, 5.74) is 0.955. The Hall–Kier alpha value is -1.42. The zero-order valence-corrected chi connectivity index (χ0v) is 12.3. The van der Waals surface area contributed by atoms with Gasteiger partial charge in [0.1, 0.15) is 0 Å². The van der Waals surface area contributed by atoms with E-state index in [0.29, 0.717) is 18.4 Å². The van der Waals surface area contributed by atoms with E-state index < -0.39 is 5.97 Å². The number of nitrogens with zero attached hydrogens (tertiary/aromatic N) is 2. The van der Waals surface area contributed by atoms with Gasteiger partial charge in [-0.15, -0.1) is 0 Å². The fourth-order valence-corrected chi connectivity index (χ4v) is 2.24. The van der Waals surface area contributed by atoms with Crippen LogP contribution in [0.25, 0.3) is 0 Å². The van der Waals surface area contributed by atoms with Gasteiger partial charge in [0, 0.05) is 25.8 Å². The Morgan fingerprint density at radius 3 is 2.32 bits per heavy atom. The minimum absolute atomic E-state index is 0.167. The molecule has 0 bridgehead atoms. The van der Waals surface area contributed by atoms with E-state index in [-0.39, 0.29) is 5.69 Å². The van der Waals surface area contributed by atoms with Crippen molar-refractivity contribution in [1.29, 1.82) is 0 Å². The number of carbonyl (C=O) groups is 1. The number of aromatic carboxylic acids is 1. The molecule has 0 aromatic carbocycles. The van der Waals surface area contributed by atoms with Gasteiger partial charge in [0.25, 0.3) is 0 Å². The predicted octanol–water partition coefficient (Wildman–Crippen LogP) is 2.89. The van der Waals surface area contributed by atoms with Crippen LogP contribution in [0.1, 0.15) is 43.7 Å². The van der Waals surface area contributed by atoms with Crippen molar-refractivity contribution in [2.45, 2.75) is 34.2 Å². The Kier molecular flexibility index (Phi) is 5.96. The molecule has 0 radical (unpaired) electrons. The Labute approximate surface area is 115 Å². The van der Waals surface area contributed by atoms with Crippen LogP contribution < -0.4 is 0 Å². The van der Waals surface area contributed by atoms with Crippen LogP contribution >= 0.6 is 0 Å². The van der Waals surface area contributed by atoms with Gasteiger partial charge in [0.15, 0.2) is 5.69 Å². The number of rotatable bonds is 7. The van der Waals surface area contributed by atoms with Crippen molar-refractivity contribution in [1.82, 2.24) is 9.88 Å². The fraction of sp³-hybridized carbons (Fsp3) is 0.600. The van der Waals surface area contributed by atoms with E-state index >= 15 is 0 Å². The molecule has 0 aliphatic rings. The van der Waals surface area contributed by atoms with E-state index in [0.717, 1.165) is 18.7 Å². The van der Waals surface area contributed by atoms with Crippen molar-refractivity contribution >= 4 is 5.97 Å². The lowest BCUT2D eigenvalue weighted by Gasteiger charge is -2.26. The zero-order chi connectivity index (χ0) is 14.4. The second kappa shape index (κ2) is 7.24. The Morgan fingerprint density at radius 1 is 1.26 bits per heavy atom. The zero-order valence-electron chi connectivity index (χ0n) is 12.3. The highest BCUT2D eigenvalue weighted by molar-refractivity contribution is 5.86. The van der Waals surface area contributed by atoms with Crippen LogP contribution in [-0.4, -0.2) is 34.0 Å². The van der Waals surface area contributed by atoms with Crippen LogP contribution in [0.4, 0.5) is 0 Å². The lowest BCUT2D eigenvalue weighted by Crippen LogP contribution is -2.31. The summed E-state index contributed by atoms with van der Waals surface area (Å²) < 4.78 is 0. The van der Waals surface area contributed by atoms with Crippen LogP contribution in [0.5, 0.6) is 0 Å². The van der Waals surface area contributed by atoms with Crippen molar-refractivity contribution in [3.8, 4) is 0 Å². The first-order valence-electron chi connectivity index (χ1n) is 6.79. The third-order valence-corrected chi connectivity index (χ3v) is 2.73. The summed E-state index contributed by atoms with van der Waals surface area (Å²) >= 11 is 0. The molecule has 0 atom stereocenters. The number of aromatic nitrogens is 1. The van der Waals surface area contributed by atoms with Crippen molar-refractivity contribution < 1.29 is 9.90 Å². The summed E-state index contributed by atoms with van der Waals surface area (Å²) in [4.78, 5) is 17.4. The molecule has 1 N–H and O–H groups in total. The first-order valence-corrected chi connectivity index (χ1v) is 6.79. The average molecular weight is 264 g/mol. The van der Waals surface area contributed by atoms with E-state index in [1.807, 2.05) is 6.07 Å². The van der Waals surface area contributed by atoms with E-state index in [2.05, 4.69) is 37.6 Å². The van der Waals surface area contributed by atoms with Crippen LogP contribution in [0, 0.1) is 11.8 Å². The molecule has 0 aliphatic carbocycles. The van der Waals surface area contributed by atoms with Crippen LogP contribution in [-0.2, 0) is 6.54 Å². The standard InChI is InChI=1S/C15H24N2O2/c1-11(2)8-17(9-12(3)4)10-13-6-5-7-16-14(13)15(18)19/h5-7,11-12H,8-10H2,1-4H3,(H,18,19). The van der Waals surface area contributed by atoms with Gasteiger partial charge in [-0.2, -0.15) is 0 Å². The lowest BCUT2D eigenvalue weighted by atomic mass is 10.1. The van der Waals surface area contributed by atoms with Crippen LogP contribution in [0.3, 0.4) is 0 Å². The monoisotopic (exact) mass is 264 g/mol. The van der Waals surface area contributed by atoms with Gasteiger partial charge in [-0.25, -0.2) is 9.78 Å². The molecule has 0 amide bonds. The second-order valence-corrected chi connectivity index (χ2v) is 5.80. The van der Waals surface area contributed by atoms with Crippen LogP contribution in [0.2, 0.25) is 0 Å². The molecule has 0 saturated carbocycles. The summed E-state index contributed by atoms with van der Waals surface area (Å²) in [5, 5.41) is 9.16. The molecule has 1 rings (SSSR count). The molecule has 1 aromatic heterocycles. The molecule has 0 unspecified atom stereocenters. The maximum absolute atomic E-state index is 11.2. The Balaban J connectivity index is 2.86. The van der Waals surface area contributed by atoms with Gasteiger partial charge < -0.3 is 5.11 Å². The highest BCUT2D eigenvalue weighted by atomic mass is 16.4. The van der Waals surface area contributed by atoms with Gasteiger partial charge in [-0.05, 0) is 23.5 Å². The lowest BCUT2D eigenvalue weighted by molar-refractivity contribution is 0.0687. The minimum atomic E-state index is -0.954. The molecule has 4 nitrogen and oxygen atoms in total. The maximum Gasteiger partial charge on any atom is 0.354 e. The van der Waals surface area contributed by atoms with E-state index in [1.165, 1.54) is 6.20 Å². The summed E-state index contributed by atoms with van der Waals surface area (Å²) in [7, 11) is 0. The molecular weight excluding hydrogens is 240 g/mol. The molecule has 0 fully saturated rings. The molecule has 19 heavy (non-hydrogen) atoms. The van der Waals surface area contributed by atoms with Gasteiger partial charge in [-0.1, -0.05) is 33.8 Å². The normalized spacial score (nSPS) is 11.5. The van der Waals surface area contributed by atoms with Gasteiger partial charge in [0.2, 0.25) is 0 Å². The Bertz CT molecular complexity index is 406. The molecule has 0 aliphatic heterocycles. The quantitative estimate of drug-likeness (QED) is 0.822. The van der Waals surface area contributed by atoms with E-state index in [9.17, 15) is 4.79 Å². The van der Waals surface area contributed by atoms with Crippen molar-refractivity contribution in [3.05, 3.63) is 29.6 Å². The highest BCUT2D eigenvalue weighted by Crippen LogP contribution is 2.12. The largest absolute Gasteiger partial charge is 0.477 e. The number of hydrogen-bond acceptors (Lipinski definition) is 3. The second-order valence-electron chi connectivity index (χ2n) is 5.80. The highest BCUT2D eigenvalue weighted by Gasteiger charge is 2.16. The molecule has 0 spiro atoms. The van der Waals surface area contributed by atoms with Crippen molar-refractivity contribution in [3.63, 3.8) is 0 Å². The number of pyridine rings is 1.